The minimum atomic E-state index is -0.330. The number of anilines is 2. The normalized spacial score (nSPS) is 9.83. The molecule has 0 aliphatic rings. The van der Waals surface area contributed by atoms with Crippen molar-refractivity contribution in [1.29, 1.82) is 0 Å². The van der Waals surface area contributed by atoms with E-state index in [-0.39, 0.29) is 5.91 Å². The minimum Gasteiger partial charge on any atom is -0.497 e. The predicted molar refractivity (Wildman–Crippen MR) is 88.2 cm³/mol. The van der Waals surface area contributed by atoms with E-state index in [4.69, 9.17) is 9.47 Å². The van der Waals surface area contributed by atoms with Gasteiger partial charge in [-0.25, -0.2) is 0 Å². The highest BCUT2D eigenvalue weighted by atomic mass is 16.5. The van der Waals surface area contributed by atoms with Gasteiger partial charge in [0.1, 0.15) is 17.3 Å². The van der Waals surface area contributed by atoms with Crippen LogP contribution in [0.1, 0.15) is 10.4 Å². The molecule has 0 unspecified atom stereocenters. The number of hydrogen-bond acceptors (Lipinski definition) is 6. The van der Waals surface area contributed by atoms with Gasteiger partial charge in [0, 0.05) is 18.2 Å². The third-order valence-corrected chi connectivity index (χ3v) is 2.95. The van der Waals surface area contributed by atoms with Crippen LogP contribution in [0, 0.1) is 0 Å². The molecule has 0 radical (unpaired) electrons. The number of ether oxygens (including phenoxy) is 2. The molecule has 7 heteroatoms. The SMILES string of the molecule is C=CCNc1ccc(NC(=O)c2cc(OC)cc(OC)c2)nn1. The van der Waals surface area contributed by atoms with Crippen LogP contribution in [0.25, 0.3) is 0 Å². The molecule has 23 heavy (non-hydrogen) atoms. The van der Waals surface area contributed by atoms with Crippen molar-refractivity contribution in [2.24, 2.45) is 0 Å². The number of nitrogens with one attached hydrogen (secondary N) is 2. The topological polar surface area (TPSA) is 85.4 Å². The third kappa shape index (κ3) is 4.44. The molecule has 0 aliphatic heterocycles. The summed E-state index contributed by atoms with van der Waals surface area (Å²) in [6.07, 6.45) is 1.72. The average molecular weight is 314 g/mol. The van der Waals surface area contributed by atoms with Gasteiger partial charge in [0.05, 0.1) is 14.2 Å². The lowest BCUT2D eigenvalue weighted by Crippen LogP contribution is -2.14. The van der Waals surface area contributed by atoms with E-state index in [0.717, 1.165) is 0 Å². The minimum absolute atomic E-state index is 0.330. The molecule has 2 aromatic rings. The second-order valence-corrected chi connectivity index (χ2v) is 4.53. The molecule has 1 aromatic carbocycles. The monoisotopic (exact) mass is 314 g/mol. The molecule has 0 atom stereocenters. The quantitative estimate of drug-likeness (QED) is 0.763. The standard InChI is InChI=1S/C16H18N4O3/c1-4-7-17-14-5-6-15(20-19-14)18-16(21)11-8-12(22-2)10-13(9-11)23-3/h4-6,8-10H,1,7H2,2-3H3,(H,17,19)(H,18,20,21). The van der Waals surface area contributed by atoms with Crippen molar-refractivity contribution in [1.82, 2.24) is 10.2 Å². The van der Waals surface area contributed by atoms with Crippen LogP contribution in [-0.2, 0) is 0 Å². The second kappa shape index (κ2) is 7.79. The van der Waals surface area contributed by atoms with Crippen molar-refractivity contribution >= 4 is 17.5 Å². The van der Waals surface area contributed by atoms with Gasteiger partial charge in [0.2, 0.25) is 0 Å². The maximum absolute atomic E-state index is 12.3. The van der Waals surface area contributed by atoms with Crippen LogP contribution >= 0.6 is 0 Å². The zero-order chi connectivity index (χ0) is 16.7. The van der Waals surface area contributed by atoms with Gasteiger partial charge in [0.25, 0.3) is 5.91 Å². The number of methoxy groups -OCH3 is 2. The summed E-state index contributed by atoms with van der Waals surface area (Å²) >= 11 is 0. The highest BCUT2D eigenvalue weighted by molar-refractivity contribution is 6.04. The van der Waals surface area contributed by atoms with Crippen molar-refractivity contribution in [2.75, 3.05) is 31.4 Å². The fourth-order valence-corrected chi connectivity index (χ4v) is 1.80. The Morgan fingerprint density at radius 2 is 1.74 bits per heavy atom. The second-order valence-electron chi connectivity index (χ2n) is 4.53. The van der Waals surface area contributed by atoms with Crippen LogP contribution in [0.2, 0.25) is 0 Å². The van der Waals surface area contributed by atoms with Crippen molar-refractivity contribution in [2.45, 2.75) is 0 Å². The number of carbonyl (C=O) groups excluding carboxylic acids is 1. The molecule has 2 N–H and O–H groups in total. The molecule has 0 spiro atoms. The molecule has 0 aliphatic carbocycles. The molecular weight excluding hydrogens is 296 g/mol. The fourth-order valence-electron chi connectivity index (χ4n) is 1.80. The first-order valence-electron chi connectivity index (χ1n) is 6.89. The van der Waals surface area contributed by atoms with E-state index in [0.29, 0.717) is 35.2 Å². The molecule has 0 bridgehead atoms. The number of rotatable bonds is 7. The summed E-state index contributed by atoms with van der Waals surface area (Å²) in [6.45, 7) is 4.19. The van der Waals surface area contributed by atoms with Crippen LogP contribution in [0.4, 0.5) is 11.6 Å². The predicted octanol–water partition coefficient (Wildman–Crippen LogP) is 2.34. The summed E-state index contributed by atoms with van der Waals surface area (Å²) in [4.78, 5) is 12.3. The summed E-state index contributed by atoms with van der Waals surface area (Å²) in [7, 11) is 3.05. The van der Waals surface area contributed by atoms with E-state index >= 15 is 0 Å². The summed E-state index contributed by atoms with van der Waals surface area (Å²) in [6, 6.07) is 8.30. The molecule has 1 heterocycles. The number of nitrogens with zero attached hydrogens (tertiary/aromatic N) is 2. The molecule has 120 valence electrons. The van der Waals surface area contributed by atoms with Gasteiger partial charge >= 0.3 is 0 Å². The van der Waals surface area contributed by atoms with Crippen LogP contribution in [0.5, 0.6) is 11.5 Å². The zero-order valence-corrected chi connectivity index (χ0v) is 13.0. The third-order valence-electron chi connectivity index (χ3n) is 2.95. The number of hydrogen-bond donors (Lipinski definition) is 2. The largest absolute Gasteiger partial charge is 0.497 e. The number of amides is 1. The fraction of sp³-hybridized carbons (Fsp3) is 0.188. The smallest absolute Gasteiger partial charge is 0.257 e. The summed E-state index contributed by atoms with van der Waals surface area (Å²) in [5.74, 6) is 1.68. The Balaban J connectivity index is 2.10. The highest BCUT2D eigenvalue weighted by Crippen LogP contribution is 2.23. The van der Waals surface area contributed by atoms with Crippen LogP contribution < -0.4 is 20.1 Å². The van der Waals surface area contributed by atoms with E-state index < -0.39 is 0 Å². The Morgan fingerprint density at radius 1 is 1.13 bits per heavy atom. The Hall–Kier alpha value is -3.09. The van der Waals surface area contributed by atoms with Crippen LogP contribution in [0.15, 0.2) is 43.0 Å². The van der Waals surface area contributed by atoms with Gasteiger partial charge in [-0.2, -0.15) is 0 Å². The molecular formula is C16H18N4O3. The Bertz CT molecular complexity index is 664. The van der Waals surface area contributed by atoms with Gasteiger partial charge in [-0.05, 0) is 24.3 Å². The summed E-state index contributed by atoms with van der Waals surface area (Å²) < 4.78 is 10.3. The first-order chi connectivity index (χ1) is 11.2. The molecule has 7 nitrogen and oxygen atoms in total. The molecule has 0 saturated heterocycles. The van der Waals surface area contributed by atoms with E-state index in [1.165, 1.54) is 14.2 Å². The number of benzene rings is 1. The molecule has 2 rings (SSSR count). The average Bonchev–Trinajstić information content (AvgIpc) is 2.60. The van der Waals surface area contributed by atoms with Gasteiger partial charge in [-0.15, -0.1) is 16.8 Å². The Kier molecular flexibility index (Phi) is 5.51. The maximum Gasteiger partial charge on any atom is 0.257 e. The Morgan fingerprint density at radius 3 is 2.26 bits per heavy atom. The highest BCUT2D eigenvalue weighted by Gasteiger charge is 2.11. The number of aromatic nitrogens is 2. The molecule has 0 fully saturated rings. The molecule has 1 amide bonds. The van der Waals surface area contributed by atoms with E-state index in [9.17, 15) is 4.79 Å². The van der Waals surface area contributed by atoms with Crippen molar-refractivity contribution in [3.05, 3.63) is 48.6 Å². The van der Waals surface area contributed by atoms with Crippen molar-refractivity contribution < 1.29 is 14.3 Å². The van der Waals surface area contributed by atoms with Crippen LogP contribution in [0.3, 0.4) is 0 Å². The first-order valence-corrected chi connectivity index (χ1v) is 6.89. The van der Waals surface area contributed by atoms with Crippen LogP contribution in [-0.4, -0.2) is 36.9 Å². The van der Waals surface area contributed by atoms with E-state index in [2.05, 4.69) is 27.4 Å². The molecule has 1 aromatic heterocycles. The van der Waals surface area contributed by atoms with Crippen molar-refractivity contribution in [3.8, 4) is 11.5 Å². The van der Waals surface area contributed by atoms with E-state index in [1.54, 1.807) is 36.4 Å². The van der Waals surface area contributed by atoms with Gasteiger partial charge < -0.3 is 20.1 Å². The zero-order valence-electron chi connectivity index (χ0n) is 13.0. The van der Waals surface area contributed by atoms with Crippen molar-refractivity contribution in [3.63, 3.8) is 0 Å². The van der Waals surface area contributed by atoms with Gasteiger partial charge in [0.15, 0.2) is 5.82 Å². The lowest BCUT2D eigenvalue weighted by molar-refractivity contribution is 0.102. The first kappa shape index (κ1) is 16.3. The summed E-state index contributed by atoms with van der Waals surface area (Å²) in [5.41, 5.74) is 0.400. The van der Waals surface area contributed by atoms with Gasteiger partial charge in [-0.1, -0.05) is 6.08 Å². The maximum atomic E-state index is 12.3. The van der Waals surface area contributed by atoms with E-state index in [1.807, 2.05) is 0 Å². The van der Waals surface area contributed by atoms with Gasteiger partial charge in [-0.3, -0.25) is 4.79 Å². The Labute approximate surface area is 134 Å². The lowest BCUT2D eigenvalue weighted by atomic mass is 10.2. The lowest BCUT2D eigenvalue weighted by Gasteiger charge is -2.09. The summed E-state index contributed by atoms with van der Waals surface area (Å²) in [5, 5.41) is 13.6. The number of carbonyl (C=O) groups is 1. The molecule has 0 saturated carbocycles.